The topological polar surface area (TPSA) is 25.8 Å². The molecule has 0 N–H and O–H groups in total. The molecule has 0 amide bonds. The van der Waals surface area contributed by atoms with Crippen molar-refractivity contribution in [2.75, 3.05) is 0 Å². The Hall–Kier alpha value is -1.41. The number of hydrogen-bond acceptors (Lipinski definition) is 2. The van der Waals surface area contributed by atoms with Gasteiger partial charge < -0.3 is 0 Å². The van der Waals surface area contributed by atoms with Gasteiger partial charge in [0.15, 0.2) is 0 Å². The molecular formula is C13H13ClN2. The molecule has 1 aromatic heterocycles. The number of rotatable bonds is 2. The van der Waals surface area contributed by atoms with Gasteiger partial charge in [0.1, 0.15) is 11.0 Å². The smallest absolute Gasteiger partial charge is 0.133 e. The lowest BCUT2D eigenvalue weighted by Gasteiger charge is -2.06. The molecule has 0 aliphatic rings. The van der Waals surface area contributed by atoms with E-state index in [0.29, 0.717) is 5.15 Å². The first-order valence-electron chi connectivity index (χ1n) is 5.30. The van der Waals surface area contributed by atoms with Crippen molar-refractivity contribution in [3.05, 3.63) is 46.9 Å². The number of aryl methyl sites for hydroxylation is 2. The van der Waals surface area contributed by atoms with Gasteiger partial charge in [-0.3, -0.25) is 0 Å². The summed E-state index contributed by atoms with van der Waals surface area (Å²) in [6.45, 7) is 4.09. The van der Waals surface area contributed by atoms with Crippen LogP contribution in [0.4, 0.5) is 0 Å². The van der Waals surface area contributed by atoms with Gasteiger partial charge in [0.05, 0.1) is 5.69 Å². The predicted octanol–water partition coefficient (Wildman–Crippen LogP) is 3.67. The Labute approximate surface area is 100 Å². The van der Waals surface area contributed by atoms with Gasteiger partial charge in [-0.05, 0) is 12.5 Å². The maximum Gasteiger partial charge on any atom is 0.133 e. The minimum Gasteiger partial charge on any atom is -0.233 e. The van der Waals surface area contributed by atoms with Gasteiger partial charge in [-0.25, -0.2) is 9.97 Å². The van der Waals surface area contributed by atoms with Crippen molar-refractivity contribution >= 4 is 11.6 Å². The zero-order valence-electron chi connectivity index (χ0n) is 9.37. The summed E-state index contributed by atoms with van der Waals surface area (Å²) < 4.78 is 0. The average molecular weight is 233 g/mol. The van der Waals surface area contributed by atoms with Gasteiger partial charge >= 0.3 is 0 Å². The van der Waals surface area contributed by atoms with Gasteiger partial charge in [-0.2, -0.15) is 0 Å². The van der Waals surface area contributed by atoms with E-state index in [2.05, 4.69) is 23.0 Å². The van der Waals surface area contributed by atoms with Crippen LogP contribution in [0.5, 0.6) is 0 Å². The van der Waals surface area contributed by atoms with Crippen LogP contribution in [0.25, 0.3) is 11.3 Å². The van der Waals surface area contributed by atoms with Gasteiger partial charge in [0.2, 0.25) is 0 Å². The molecule has 0 atom stereocenters. The van der Waals surface area contributed by atoms with Crippen molar-refractivity contribution in [2.24, 2.45) is 0 Å². The average Bonchev–Trinajstić information content (AvgIpc) is 2.28. The lowest BCUT2D eigenvalue weighted by atomic mass is 10.1. The van der Waals surface area contributed by atoms with Crippen molar-refractivity contribution in [3.63, 3.8) is 0 Å². The second kappa shape index (κ2) is 4.62. The molecule has 1 heterocycles. The fourth-order valence-corrected chi connectivity index (χ4v) is 1.82. The molecule has 16 heavy (non-hydrogen) atoms. The summed E-state index contributed by atoms with van der Waals surface area (Å²) >= 11 is 5.98. The Morgan fingerprint density at radius 1 is 1.19 bits per heavy atom. The largest absolute Gasteiger partial charge is 0.233 e. The zero-order valence-corrected chi connectivity index (χ0v) is 10.1. The summed E-state index contributed by atoms with van der Waals surface area (Å²) in [4.78, 5) is 8.65. The van der Waals surface area contributed by atoms with E-state index in [1.807, 2.05) is 31.2 Å². The van der Waals surface area contributed by atoms with Crippen LogP contribution in [0.15, 0.2) is 30.3 Å². The van der Waals surface area contributed by atoms with Crippen molar-refractivity contribution in [1.29, 1.82) is 0 Å². The second-order valence-corrected chi connectivity index (χ2v) is 4.05. The third-order valence-corrected chi connectivity index (χ3v) is 2.67. The quantitative estimate of drug-likeness (QED) is 0.739. The molecule has 2 rings (SSSR count). The molecule has 0 unspecified atom stereocenters. The standard InChI is InChI=1S/C13H13ClN2/c1-3-13-15-11(8-12(14)16-13)10-7-5-4-6-9(10)2/h4-8H,3H2,1-2H3. The first kappa shape index (κ1) is 11.1. The highest BCUT2D eigenvalue weighted by Crippen LogP contribution is 2.23. The molecule has 82 valence electrons. The first-order valence-corrected chi connectivity index (χ1v) is 5.68. The van der Waals surface area contributed by atoms with Crippen LogP contribution in [-0.2, 0) is 6.42 Å². The lowest BCUT2D eigenvalue weighted by Crippen LogP contribution is -1.96. The molecule has 1 aromatic carbocycles. The van der Waals surface area contributed by atoms with E-state index < -0.39 is 0 Å². The van der Waals surface area contributed by atoms with E-state index in [1.54, 1.807) is 0 Å². The highest BCUT2D eigenvalue weighted by Gasteiger charge is 2.06. The highest BCUT2D eigenvalue weighted by atomic mass is 35.5. The number of hydrogen-bond donors (Lipinski definition) is 0. The fraction of sp³-hybridized carbons (Fsp3) is 0.231. The third-order valence-electron chi connectivity index (χ3n) is 2.48. The van der Waals surface area contributed by atoms with E-state index in [1.165, 1.54) is 5.56 Å². The summed E-state index contributed by atoms with van der Waals surface area (Å²) in [6.07, 6.45) is 0.791. The molecule has 0 spiro atoms. The Morgan fingerprint density at radius 2 is 1.94 bits per heavy atom. The molecule has 2 nitrogen and oxygen atoms in total. The minimum atomic E-state index is 0.505. The van der Waals surface area contributed by atoms with Crippen LogP contribution in [0.3, 0.4) is 0 Å². The van der Waals surface area contributed by atoms with Crippen molar-refractivity contribution in [2.45, 2.75) is 20.3 Å². The van der Waals surface area contributed by atoms with Crippen LogP contribution in [0, 0.1) is 6.92 Å². The number of nitrogens with zero attached hydrogens (tertiary/aromatic N) is 2. The molecule has 0 radical (unpaired) electrons. The molecule has 2 aromatic rings. The summed E-state index contributed by atoms with van der Waals surface area (Å²) in [5.41, 5.74) is 3.20. The lowest BCUT2D eigenvalue weighted by molar-refractivity contribution is 0.943. The van der Waals surface area contributed by atoms with Crippen LogP contribution in [-0.4, -0.2) is 9.97 Å². The van der Waals surface area contributed by atoms with Crippen molar-refractivity contribution in [3.8, 4) is 11.3 Å². The number of halogens is 1. The Balaban J connectivity index is 2.56. The van der Waals surface area contributed by atoms with Gasteiger partial charge in [-0.1, -0.05) is 42.8 Å². The molecule has 0 aliphatic carbocycles. The molecular weight excluding hydrogens is 220 g/mol. The first-order chi connectivity index (χ1) is 7.70. The normalized spacial score (nSPS) is 10.4. The predicted molar refractivity (Wildman–Crippen MR) is 66.6 cm³/mol. The highest BCUT2D eigenvalue weighted by molar-refractivity contribution is 6.29. The molecule has 0 bridgehead atoms. The summed E-state index contributed by atoms with van der Waals surface area (Å²) in [7, 11) is 0. The number of benzene rings is 1. The van der Waals surface area contributed by atoms with E-state index in [9.17, 15) is 0 Å². The minimum absolute atomic E-state index is 0.505. The van der Waals surface area contributed by atoms with Crippen molar-refractivity contribution in [1.82, 2.24) is 9.97 Å². The fourth-order valence-electron chi connectivity index (χ4n) is 1.62. The molecule has 0 saturated carbocycles. The third kappa shape index (κ3) is 2.22. The van der Waals surface area contributed by atoms with E-state index in [-0.39, 0.29) is 0 Å². The van der Waals surface area contributed by atoms with Crippen molar-refractivity contribution < 1.29 is 0 Å². The van der Waals surface area contributed by atoms with Crippen LogP contribution < -0.4 is 0 Å². The Bertz CT molecular complexity index is 509. The maximum absolute atomic E-state index is 5.98. The summed E-state index contributed by atoms with van der Waals surface area (Å²) in [5, 5.41) is 0.505. The Kier molecular flexibility index (Phi) is 3.20. The molecule has 3 heteroatoms. The van der Waals surface area contributed by atoms with Crippen LogP contribution in [0.2, 0.25) is 5.15 Å². The van der Waals surface area contributed by atoms with Crippen LogP contribution >= 0.6 is 11.6 Å². The van der Waals surface area contributed by atoms with Gasteiger partial charge in [-0.15, -0.1) is 0 Å². The number of aromatic nitrogens is 2. The zero-order chi connectivity index (χ0) is 11.5. The molecule has 0 aliphatic heterocycles. The van der Waals surface area contributed by atoms with Crippen LogP contribution in [0.1, 0.15) is 18.3 Å². The van der Waals surface area contributed by atoms with Gasteiger partial charge in [0, 0.05) is 18.1 Å². The Morgan fingerprint density at radius 3 is 2.62 bits per heavy atom. The van der Waals surface area contributed by atoms with Gasteiger partial charge in [0.25, 0.3) is 0 Å². The second-order valence-electron chi connectivity index (χ2n) is 3.66. The molecule has 0 saturated heterocycles. The summed E-state index contributed by atoms with van der Waals surface area (Å²) in [6, 6.07) is 9.94. The monoisotopic (exact) mass is 232 g/mol. The molecule has 0 fully saturated rings. The van der Waals surface area contributed by atoms with E-state index in [0.717, 1.165) is 23.5 Å². The summed E-state index contributed by atoms with van der Waals surface area (Å²) in [5.74, 6) is 0.783. The SMILES string of the molecule is CCc1nc(Cl)cc(-c2ccccc2C)n1. The van der Waals surface area contributed by atoms with E-state index in [4.69, 9.17) is 11.6 Å². The van der Waals surface area contributed by atoms with E-state index >= 15 is 0 Å². The maximum atomic E-state index is 5.98.